The average Bonchev–Trinajstić information content (AvgIpc) is 2.78. The summed E-state index contributed by atoms with van der Waals surface area (Å²) in [4.78, 5) is 22.7. The van der Waals surface area contributed by atoms with E-state index in [-0.39, 0.29) is 10.8 Å². The molecule has 0 aliphatic carbocycles. The number of furan rings is 1. The quantitative estimate of drug-likeness (QED) is 0.913. The van der Waals surface area contributed by atoms with E-state index in [0.29, 0.717) is 6.07 Å². The molecule has 0 bridgehead atoms. The lowest BCUT2D eigenvalue weighted by atomic mass is 10.1. The largest absolute Gasteiger partial charge is 0.452 e. The fourth-order valence-corrected chi connectivity index (χ4v) is 1.68. The second-order valence-corrected chi connectivity index (χ2v) is 4.08. The Morgan fingerprint density at radius 2 is 1.90 bits per heavy atom. The number of hydrogen-bond acceptors (Lipinski definition) is 3. The number of carbonyl (C=O) groups is 2. The molecular weight excluding hydrogens is 294 g/mol. The number of nitrogens with two attached hydrogens (primary N) is 1. The predicted octanol–water partition coefficient (Wildman–Crippen LogP) is 2.56. The second-order valence-electron chi connectivity index (χ2n) is 3.74. The van der Waals surface area contributed by atoms with E-state index in [9.17, 15) is 18.4 Å². The zero-order chi connectivity index (χ0) is 14.9. The van der Waals surface area contributed by atoms with E-state index in [4.69, 9.17) is 21.8 Å². The van der Waals surface area contributed by atoms with Crippen LogP contribution in [0, 0.1) is 11.6 Å². The molecule has 0 fully saturated rings. The van der Waals surface area contributed by atoms with Crippen LogP contribution in [0.15, 0.2) is 28.9 Å². The number of rotatable bonds is 3. The molecule has 1 heterocycles. The molecule has 104 valence electrons. The minimum Gasteiger partial charge on any atom is -0.452 e. The lowest BCUT2D eigenvalue weighted by molar-refractivity contribution is 0.0992. The van der Waals surface area contributed by atoms with Crippen molar-refractivity contribution < 1.29 is 22.8 Å². The Morgan fingerprint density at radius 1 is 1.20 bits per heavy atom. The highest BCUT2D eigenvalue weighted by molar-refractivity contribution is 6.32. The number of primary amides is 1. The van der Waals surface area contributed by atoms with Crippen LogP contribution in [0.3, 0.4) is 0 Å². The van der Waals surface area contributed by atoms with Crippen LogP contribution in [-0.4, -0.2) is 11.8 Å². The van der Waals surface area contributed by atoms with Crippen LogP contribution in [-0.2, 0) is 0 Å². The van der Waals surface area contributed by atoms with Crippen LogP contribution < -0.4 is 11.1 Å². The van der Waals surface area contributed by atoms with Gasteiger partial charge < -0.3 is 15.5 Å². The zero-order valence-electron chi connectivity index (χ0n) is 9.75. The van der Waals surface area contributed by atoms with Crippen molar-refractivity contribution in [1.82, 2.24) is 0 Å². The molecule has 5 nitrogen and oxygen atoms in total. The third kappa shape index (κ3) is 2.62. The van der Waals surface area contributed by atoms with E-state index in [0.717, 1.165) is 6.07 Å². The Balaban J connectivity index is 2.34. The summed E-state index contributed by atoms with van der Waals surface area (Å²) < 4.78 is 31.5. The van der Waals surface area contributed by atoms with Gasteiger partial charge in [0, 0.05) is 6.07 Å². The maximum Gasteiger partial charge on any atom is 0.260 e. The Labute approximate surface area is 116 Å². The minimum absolute atomic E-state index is 0.0315. The van der Waals surface area contributed by atoms with Crippen LogP contribution in [0.25, 0.3) is 0 Å². The number of halogens is 3. The van der Waals surface area contributed by atoms with Gasteiger partial charge in [0.25, 0.3) is 11.8 Å². The molecule has 3 N–H and O–H groups in total. The standard InChI is InChI=1S/C12H7ClF2N2O3/c13-10-5(1-2-20-10)12(19)17-9-3-6(11(16)18)7(14)4-8(9)15/h1-4H,(H2,16,18)(H,17,19). The second kappa shape index (κ2) is 5.30. The third-order valence-corrected chi connectivity index (χ3v) is 2.73. The fourth-order valence-electron chi connectivity index (χ4n) is 1.48. The summed E-state index contributed by atoms with van der Waals surface area (Å²) >= 11 is 5.59. The molecule has 2 aromatic rings. The molecule has 20 heavy (non-hydrogen) atoms. The maximum absolute atomic E-state index is 13.5. The van der Waals surface area contributed by atoms with Crippen LogP contribution in [0.5, 0.6) is 0 Å². The molecule has 0 spiro atoms. The van der Waals surface area contributed by atoms with Gasteiger partial charge in [0.05, 0.1) is 23.1 Å². The van der Waals surface area contributed by atoms with Gasteiger partial charge in [-0.3, -0.25) is 9.59 Å². The molecular formula is C12H7ClF2N2O3. The van der Waals surface area contributed by atoms with Gasteiger partial charge in [-0.2, -0.15) is 0 Å². The first-order valence-corrected chi connectivity index (χ1v) is 5.61. The van der Waals surface area contributed by atoms with Crippen molar-refractivity contribution in [2.24, 2.45) is 5.73 Å². The van der Waals surface area contributed by atoms with Gasteiger partial charge in [-0.1, -0.05) is 0 Å². The maximum atomic E-state index is 13.5. The summed E-state index contributed by atoms with van der Waals surface area (Å²) in [6.07, 6.45) is 1.17. The van der Waals surface area contributed by atoms with Gasteiger partial charge in [-0.05, 0) is 23.7 Å². The van der Waals surface area contributed by atoms with E-state index in [1.165, 1.54) is 12.3 Å². The van der Waals surface area contributed by atoms with E-state index in [2.05, 4.69) is 5.32 Å². The number of carbonyl (C=O) groups excluding carboxylic acids is 2. The normalized spacial score (nSPS) is 10.3. The highest BCUT2D eigenvalue weighted by Crippen LogP contribution is 2.22. The summed E-state index contributed by atoms with van der Waals surface area (Å²) in [5.41, 5.74) is 3.96. The van der Waals surface area contributed by atoms with Crippen molar-refractivity contribution in [2.75, 3.05) is 5.32 Å². The minimum atomic E-state index is -1.12. The van der Waals surface area contributed by atoms with E-state index in [1.807, 2.05) is 0 Å². The molecule has 1 aromatic heterocycles. The van der Waals surface area contributed by atoms with Gasteiger partial charge in [0.1, 0.15) is 11.6 Å². The lowest BCUT2D eigenvalue weighted by Crippen LogP contribution is -2.17. The molecule has 0 unspecified atom stereocenters. The van der Waals surface area contributed by atoms with E-state index >= 15 is 0 Å². The molecule has 2 amide bonds. The van der Waals surface area contributed by atoms with Crippen LogP contribution in [0.4, 0.5) is 14.5 Å². The summed E-state index contributed by atoms with van der Waals surface area (Å²) in [5, 5.41) is 1.96. The van der Waals surface area contributed by atoms with Gasteiger partial charge in [0.15, 0.2) is 0 Å². The number of benzene rings is 1. The monoisotopic (exact) mass is 300 g/mol. The van der Waals surface area contributed by atoms with Gasteiger partial charge >= 0.3 is 0 Å². The van der Waals surface area contributed by atoms with Crippen LogP contribution in [0.2, 0.25) is 5.22 Å². The number of amides is 2. The molecule has 0 saturated carbocycles. The molecule has 0 saturated heterocycles. The Hall–Kier alpha value is -2.41. The smallest absolute Gasteiger partial charge is 0.260 e. The first-order chi connectivity index (χ1) is 9.40. The molecule has 0 radical (unpaired) electrons. The Morgan fingerprint density at radius 3 is 2.45 bits per heavy atom. The molecule has 0 atom stereocenters. The Bertz CT molecular complexity index is 700. The molecule has 2 rings (SSSR count). The van der Waals surface area contributed by atoms with Crippen LogP contribution >= 0.6 is 11.6 Å². The van der Waals surface area contributed by atoms with Crippen molar-refractivity contribution in [1.29, 1.82) is 0 Å². The lowest BCUT2D eigenvalue weighted by Gasteiger charge is -2.07. The summed E-state index contributed by atoms with van der Waals surface area (Å²) in [6, 6.07) is 2.53. The predicted molar refractivity (Wildman–Crippen MR) is 66.5 cm³/mol. The van der Waals surface area contributed by atoms with Crippen molar-refractivity contribution in [3.63, 3.8) is 0 Å². The number of anilines is 1. The first kappa shape index (κ1) is 14.0. The summed E-state index contributed by atoms with van der Waals surface area (Å²) in [5.74, 6) is -4.03. The SMILES string of the molecule is NC(=O)c1cc(NC(=O)c2ccoc2Cl)c(F)cc1F. The van der Waals surface area contributed by atoms with Crippen LogP contribution in [0.1, 0.15) is 20.7 Å². The molecule has 8 heteroatoms. The van der Waals surface area contributed by atoms with Crippen molar-refractivity contribution >= 4 is 29.1 Å². The summed E-state index contributed by atoms with van der Waals surface area (Å²) in [7, 11) is 0. The molecule has 0 aliphatic rings. The topological polar surface area (TPSA) is 85.3 Å². The van der Waals surface area contributed by atoms with Crippen molar-refractivity contribution in [3.05, 3.63) is 52.4 Å². The van der Waals surface area contributed by atoms with E-state index < -0.39 is 34.7 Å². The highest BCUT2D eigenvalue weighted by atomic mass is 35.5. The highest BCUT2D eigenvalue weighted by Gasteiger charge is 2.18. The van der Waals surface area contributed by atoms with Gasteiger partial charge in [-0.15, -0.1) is 0 Å². The zero-order valence-corrected chi connectivity index (χ0v) is 10.5. The Kier molecular flexibility index (Phi) is 3.71. The summed E-state index contributed by atoms with van der Waals surface area (Å²) in [6.45, 7) is 0. The first-order valence-electron chi connectivity index (χ1n) is 5.23. The van der Waals surface area contributed by atoms with Crippen molar-refractivity contribution in [2.45, 2.75) is 0 Å². The third-order valence-electron chi connectivity index (χ3n) is 2.43. The molecule has 1 aromatic carbocycles. The van der Waals surface area contributed by atoms with Crippen molar-refractivity contribution in [3.8, 4) is 0 Å². The van der Waals surface area contributed by atoms with Gasteiger partial charge in [-0.25, -0.2) is 8.78 Å². The molecule has 0 aliphatic heterocycles. The number of nitrogens with one attached hydrogen (secondary N) is 1. The number of hydrogen-bond donors (Lipinski definition) is 2. The average molecular weight is 301 g/mol. The van der Waals surface area contributed by atoms with E-state index in [1.54, 1.807) is 0 Å². The fraction of sp³-hybridized carbons (Fsp3) is 0. The van der Waals surface area contributed by atoms with Gasteiger partial charge in [0.2, 0.25) is 5.22 Å².